The minimum atomic E-state index is -0.486. The summed E-state index contributed by atoms with van der Waals surface area (Å²) in [5.74, 6) is 0.246. The van der Waals surface area contributed by atoms with Crippen LogP contribution in [-0.4, -0.2) is 42.2 Å². The fourth-order valence-electron chi connectivity index (χ4n) is 4.79. The van der Waals surface area contributed by atoms with E-state index in [1.807, 2.05) is 41.5 Å². The molecule has 0 unspecified atom stereocenters. The zero-order valence-electron chi connectivity index (χ0n) is 19.4. The highest BCUT2D eigenvalue weighted by molar-refractivity contribution is 8.16. The molecule has 1 aliphatic carbocycles. The molecule has 1 aromatic carbocycles. The molecule has 0 radical (unpaired) electrons. The zero-order valence-corrected chi connectivity index (χ0v) is 20.2. The van der Waals surface area contributed by atoms with E-state index in [9.17, 15) is 9.59 Å². The SMILES string of the molecule is CCC1=C(C(=O)OC)[C@H](c2ccccc2OC)N2C(CC(=O)NC3CCCCC3)=CSC2=N1. The standard InChI is InChI=1S/C25H31N3O4S/c1-4-19-22(24(30)32-3)23(18-12-8-9-13-20(18)31-2)28-17(15-33-25(28)27-19)14-21(29)26-16-10-6-5-7-11-16/h8-9,12-13,15-16,23H,4-7,10-11,14H2,1-3H3,(H,26,29)/t23-/m0/s1. The largest absolute Gasteiger partial charge is 0.496 e. The van der Waals surface area contributed by atoms with Crippen LogP contribution < -0.4 is 10.1 Å². The van der Waals surface area contributed by atoms with Gasteiger partial charge in [-0.25, -0.2) is 9.79 Å². The van der Waals surface area contributed by atoms with E-state index in [2.05, 4.69) is 5.32 Å². The van der Waals surface area contributed by atoms with E-state index in [0.717, 1.165) is 42.1 Å². The first-order valence-electron chi connectivity index (χ1n) is 11.5. The van der Waals surface area contributed by atoms with Gasteiger partial charge in [-0.3, -0.25) is 4.79 Å². The average molecular weight is 470 g/mol. The van der Waals surface area contributed by atoms with Crippen molar-refractivity contribution < 1.29 is 19.1 Å². The number of hydrogen-bond donors (Lipinski definition) is 1. The Labute approximate surface area is 199 Å². The van der Waals surface area contributed by atoms with Gasteiger partial charge < -0.3 is 19.7 Å². The van der Waals surface area contributed by atoms with Gasteiger partial charge >= 0.3 is 5.97 Å². The minimum absolute atomic E-state index is 0.00124. The summed E-state index contributed by atoms with van der Waals surface area (Å²) in [6, 6.07) is 7.41. The summed E-state index contributed by atoms with van der Waals surface area (Å²) in [4.78, 5) is 32.7. The molecule has 4 rings (SSSR count). The molecule has 1 fully saturated rings. The van der Waals surface area contributed by atoms with E-state index in [1.54, 1.807) is 7.11 Å². The molecule has 2 heterocycles. The van der Waals surface area contributed by atoms with Crippen LogP contribution in [0.4, 0.5) is 0 Å². The topological polar surface area (TPSA) is 80.2 Å². The molecule has 0 aromatic heterocycles. The van der Waals surface area contributed by atoms with Gasteiger partial charge in [-0.1, -0.05) is 56.1 Å². The third-order valence-electron chi connectivity index (χ3n) is 6.37. The molecule has 3 aliphatic rings. The van der Waals surface area contributed by atoms with E-state index >= 15 is 0 Å². The second-order valence-electron chi connectivity index (χ2n) is 8.42. The smallest absolute Gasteiger partial charge is 0.338 e. The zero-order chi connectivity index (χ0) is 23.4. The molecule has 176 valence electrons. The Morgan fingerprint density at radius 3 is 2.64 bits per heavy atom. The number of nitrogens with zero attached hydrogens (tertiary/aromatic N) is 2. The Morgan fingerprint density at radius 2 is 1.94 bits per heavy atom. The quantitative estimate of drug-likeness (QED) is 0.585. The predicted molar refractivity (Wildman–Crippen MR) is 130 cm³/mol. The van der Waals surface area contributed by atoms with Crippen molar-refractivity contribution >= 4 is 28.8 Å². The number of ether oxygens (including phenoxy) is 2. The maximum absolute atomic E-state index is 13.0. The summed E-state index contributed by atoms with van der Waals surface area (Å²) < 4.78 is 10.8. The van der Waals surface area contributed by atoms with Crippen LogP contribution >= 0.6 is 11.8 Å². The lowest BCUT2D eigenvalue weighted by molar-refractivity contribution is -0.136. The van der Waals surface area contributed by atoms with Crippen LogP contribution in [0.5, 0.6) is 5.75 Å². The first-order valence-corrected chi connectivity index (χ1v) is 12.4. The van der Waals surface area contributed by atoms with Gasteiger partial charge in [0.1, 0.15) is 5.75 Å². The number of methoxy groups -OCH3 is 2. The maximum atomic E-state index is 13.0. The van der Waals surface area contributed by atoms with Crippen LogP contribution in [0.25, 0.3) is 0 Å². The highest BCUT2D eigenvalue weighted by atomic mass is 32.2. The number of fused-ring (bicyclic) bond motifs is 1. The summed E-state index contributed by atoms with van der Waals surface area (Å²) in [6.45, 7) is 1.98. The lowest BCUT2D eigenvalue weighted by Gasteiger charge is -2.37. The summed E-state index contributed by atoms with van der Waals surface area (Å²) >= 11 is 1.48. The Kier molecular flexibility index (Phi) is 7.42. The van der Waals surface area contributed by atoms with Crippen LogP contribution in [0.15, 0.2) is 51.6 Å². The molecule has 0 bridgehead atoms. The van der Waals surface area contributed by atoms with Crippen molar-refractivity contribution in [1.29, 1.82) is 0 Å². The Balaban J connectivity index is 1.69. The van der Waals surface area contributed by atoms with Crippen molar-refractivity contribution in [3.8, 4) is 5.75 Å². The van der Waals surface area contributed by atoms with E-state index < -0.39 is 12.0 Å². The van der Waals surface area contributed by atoms with Crippen LogP contribution in [0.2, 0.25) is 0 Å². The summed E-state index contributed by atoms with van der Waals surface area (Å²) in [6.07, 6.45) is 6.45. The maximum Gasteiger partial charge on any atom is 0.338 e. The van der Waals surface area contributed by atoms with E-state index in [0.29, 0.717) is 23.4 Å². The number of amides is 1. The molecule has 8 heteroatoms. The molecule has 33 heavy (non-hydrogen) atoms. The molecule has 1 aromatic rings. The van der Waals surface area contributed by atoms with Gasteiger partial charge in [0.05, 0.1) is 38.0 Å². The highest BCUT2D eigenvalue weighted by Gasteiger charge is 2.42. The van der Waals surface area contributed by atoms with E-state index in [1.165, 1.54) is 25.3 Å². The average Bonchev–Trinajstić information content (AvgIpc) is 3.24. The number of carbonyl (C=O) groups is 2. The van der Waals surface area contributed by atoms with Crippen molar-refractivity contribution in [2.45, 2.75) is 64.0 Å². The third kappa shape index (κ3) is 4.81. The van der Waals surface area contributed by atoms with Gasteiger partial charge in [0.2, 0.25) is 5.91 Å². The monoisotopic (exact) mass is 469 g/mol. The molecule has 2 aliphatic heterocycles. The second-order valence-corrected chi connectivity index (χ2v) is 9.26. The number of hydrogen-bond acceptors (Lipinski definition) is 7. The number of para-hydroxylation sites is 1. The molecule has 1 saturated carbocycles. The molecule has 0 spiro atoms. The number of carbonyl (C=O) groups excluding carboxylic acids is 2. The lowest BCUT2D eigenvalue weighted by Crippen LogP contribution is -2.40. The van der Waals surface area contributed by atoms with Gasteiger partial charge in [0.25, 0.3) is 0 Å². The van der Waals surface area contributed by atoms with E-state index in [4.69, 9.17) is 14.5 Å². The number of esters is 1. The van der Waals surface area contributed by atoms with Crippen molar-refractivity contribution in [2.24, 2.45) is 4.99 Å². The first kappa shape index (κ1) is 23.4. The summed E-state index contributed by atoms with van der Waals surface area (Å²) in [5, 5.41) is 5.93. The van der Waals surface area contributed by atoms with Gasteiger partial charge in [-0.05, 0) is 30.7 Å². The van der Waals surface area contributed by atoms with Crippen LogP contribution in [0.1, 0.15) is 63.5 Å². The molecular formula is C25H31N3O4S. The fraction of sp³-hybridized carbons (Fsp3) is 0.480. The Morgan fingerprint density at radius 1 is 1.18 bits per heavy atom. The normalized spacial score (nSPS) is 20.7. The summed E-state index contributed by atoms with van der Waals surface area (Å²) in [5.41, 5.74) is 2.83. The molecule has 0 saturated heterocycles. The van der Waals surface area contributed by atoms with Crippen LogP contribution in [0.3, 0.4) is 0 Å². The van der Waals surface area contributed by atoms with Crippen molar-refractivity contribution in [3.63, 3.8) is 0 Å². The minimum Gasteiger partial charge on any atom is -0.496 e. The highest BCUT2D eigenvalue weighted by Crippen LogP contribution is 2.47. The number of allylic oxidation sites excluding steroid dienone is 1. The number of nitrogens with one attached hydrogen (secondary N) is 1. The first-order chi connectivity index (χ1) is 16.1. The Bertz CT molecular complexity index is 1010. The molecule has 1 atom stereocenters. The molecule has 7 nitrogen and oxygen atoms in total. The molecular weight excluding hydrogens is 438 g/mol. The predicted octanol–water partition coefficient (Wildman–Crippen LogP) is 4.67. The van der Waals surface area contributed by atoms with Crippen molar-refractivity contribution in [1.82, 2.24) is 10.2 Å². The third-order valence-corrected chi connectivity index (χ3v) is 7.26. The summed E-state index contributed by atoms with van der Waals surface area (Å²) in [7, 11) is 3.00. The van der Waals surface area contributed by atoms with Crippen LogP contribution in [0, 0.1) is 0 Å². The van der Waals surface area contributed by atoms with Gasteiger partial charge in [0, 0.05) is 17.3 Å². The number of aliphatic imine (C=N–C) groups is 1. The van der Waals surface area contributed by atoms with Crippen molar-refractivity contribution in [3.05, 3.63) is 52.2 Å². The number of benzene rings is 1. The fourth-order valence-corrected chi connectivity index (χ4v) is 5.73. The van der Waals surface area contributed by atoms with Gasteiger partial charge in [-0.2, -0.15) is 0 Å². The number of thioether (sulfide) groups is 1. The molecule has 1 amide bonds. The molecule has 1 N–H and O–H groups in total. The second kappa shape index (κ2) is 10.5. The number of rotatable bonds is 7. The lowest BCUT2D eigenvalue weighted by atomic mass is 9.92. The number of amidine groups is 1. The Hall–Kier alpha value is -2.74. The van der Waals surface area contributed by atoms with Gasteiger partial charge in [0.15, 0.2) is 5.17 Å². The van der Waals surface area contributed by atoms with E-state index in [-0.39, 0.29) is 18.4 Å². The van der Waals surface area contributed by atoms with Gasteiger partial charge in [-0.15, -0.1) is 0 Å². The van der Waals surface area contributed by atoms with Crippen molar-refractivity contribution in [2.75, 3.05) is 14.2 Å². The van der Waals surface area contributed by atoms with Crippen LogP contribution in [-0.2, 0) is 14.3 Å².